The Balaban J connectivity index is 1.09. The van der Waals surface area contributed by atoms with Gasteiger partial charge in [-0.3, -0.25) is 0 Å². The average Bonchev–Trinajstić information content (AvgIpc) is 3.86. The fourth-order valence-corrected chi connectivity index (χ4v) is 11.2. The second-order valence-corrected chi connectivity index (χ2v) is 17.1. The standard InChI is InChI=1S/C59H39NS/c1-3-20-45(21-4-1)59(46-22-5-2-6-23-46)55-30-11-9-26-51(55)52-35-34-49(39-56(52)59)60(47-24-13-18-42(37-47)43-33-32-40-16-7-8-17-41(40)36-43)48-25-14-19-44(38-48)50-28-15-29-54-53-27-10-12-31-57(53)61-58(50)54/h1-39H. The summed E-state index contributed by atoms with van der Waals surface area (Å²) < 4.78 is 2.63. The maximum atomic E-state index is 2.47. The Labute approximate surface area is 360 Å². The quantitative estimate of drug-likeness (QED) is 0.155. The van der Waals surface area contributed by atoms with Gasteiger partial charge in [0.05, 0.1) is 5.41 Å². The lowest BCUT2D eigenvalue weighted by Gasteiger charge is -2.35. The molecule has 10 aromatic carbocycles. The molecule has 0 saturated heterocycles. The van der Waals surface area contributed by atoms with Crippen LogP contribution in [0.5, 0.6) is 0 Å². The molecule has 1 aromatic heterocycles. The van der Waals surface area contributed by atoms with E-state index in [1.807, 2.05) is 11.3 Å². The predicted molar refractivity (Wildman–Crippen MR) is 260 cm³/mol. The molecule has 0 radical (unpaired) electrons. The van der Waals surface area contributed by atoms with Gasteiger partial charge in [-0.15, -0.1) is 11.3 Å². The smallest absolute Gasteiger partial charge is 0.0714 e. The van der Waals surface area contributed by atoms with E-state index < -0.39 is 5.41 Å². The van der Waals surface area contributed by atoms with E-state index in [1.54, 1.807) is 0 Å². The zero-order chi connectivity index (χ0) is 40.3. The Hall–Kier alpha value is -7.52. The minimum Gasteiger partial charge on any atom is -0.310 e. The van der Waals surface area contributed by atoms with Crippen LogP contribution in [0.15, 0.2) is 237 Å². The van der Waals surface area contributed by atoms with Gasteiger partial charge in [-0.25, -0.2) is 0 Å². The summed E-state index contributed by atoms with van der Waals surface area (Å²) in [6.45, 7) is 0. The highest BCUT2D eigenvalue weighted by atomic mass is 32.1. The van der Waals surface area contributed by atoms with E-state index in [-0.39, 0.29) is 0 Å². The van der Waals surface area contributed by atoms with Gasteiger partial charge >= 0.3 is 0 Å². The van der Waals surface area contributed by atoms with E-state index in [2.05, 4.69) is 241 Å². The third-order valence-corrected chi connectivity index (χ3v) is 13.9. The molecule has 0 atom stereocenters. The molecule has 2 heteroatoms. The average molecular weight is 794 g/mol. The highest BCUT2D eigenvalue weighted by Gasteiger charge is 2.46. The van der Waals surface area contributed by atoms with Gasteiger partial charge in [0.1, 0.15) is 0 Å². The lowest BCUT2D eigenvalue weighted by Crippen LogP contribution is -2.28. The summed E-state index contributed by atoms with van der Waals surface area (Å²) in [5, 5.41) is 5.10. The van der Waals surface area contributed by atoms with Crippen LogP contribution < -0.4 is 4.90 Å². The highest BCUT2D eigenvalue weighted by molar-refractivity contribution is 7.26. The van der Waals surface area contributed by atoms with Gasteiger partial charge < -0.3 is 4.90 Å². The first-order valence-corrected chi connectivity index (χ1v) is 21.8. The van der Waals surface area contributed by atoms with Crippen molar-refractivity contribution >= 4 is 59.3 Å². The van der Waals surface area contributed by atoms with Crippen molar-refractivity contribution < 1.29 is 0 Å². The number of hydrogen-bond donors (Lipinski definition) is 0. The van der Waals surface area contributed by atoms with Crippen molar-refractivity contribution in [3.63, 3.8) is 0 Å². The van der Waals surface area contributed by atoms with Crippen LogP contribution in [0.25, 0.3) is 64.3 Å². The van der Waals surface area contributed by atoms with Crippen LogP contribution in [0.3, 0.4) is 0 Å². The maximum absolute atomic E-state index is 2.47. The van der Waals surface area contributed by atoms with E-state index in [9.17, 15) is 0 Å². The molecule has 0 N–H and O–H groups in total. The second-order valence-electron chi connectivity index (χ2n) is 16.0. The van der Waals surface area contributed by atoms with E-state index >= 15 is 0 Å². The monoisotopic (exact) mass is 793 g/mol. The minimum absolute atomic E-state index is 0.512. The molecule has 1 heterocycles. The van der Waals surface area contributed by atoms with Crippen molar-refractivity contribution in [3.8, 4) is 33.4 Å². The molecule has 0 spiro atoms. The summed E-state index contributed by atoms with van der Waals surface area (Å²) in [5.74, 6) is 0. The summed E-state index contributed by atoms with van der Waals surface area (Å²) in [4.78, 5) is 2.46. The lowest BCUT2D eigenvalue weighted by atomic mass is 9.67. The molecule has 1 aliphatic carbocycles. The first kappa shape index (κ1) is 35.4. The van der Waals surface area contributed by atoms with Crippen molar-refractivity contribution in [2.75, 3.05) is 4.90 Å². The minimum atomic E-state index is -0.512. The summed E-state index contributed by atoms with van der Waals surface area (Å²) in [6, 6.07) is 87.4. The number of hydrogen-bond acceptors (Lipinski definition) is 2. The van der Waals surface area contributed by atoms with Gasteiger partial charge in [0, 0.05) is 37.2 Å². The fourth-order valence-electron chi connectivity index (χ4n) is 10.00. The molecule has 0 fully saturated rings. The first-order chi connectivity index (χ1) is 30.2. The van der Waals surface area contributed by atoms with Gasteiger partial charge in [0.2, 0.25) is 0 Å². The fraction of sp³-hybridized carbons (Fsp3) is 0.0169. The molecule has 1 aliphatic rings. The second kappa shape index (κ2) is 14.3. The Morgan fingerprint density at radius 2 is 0.902 bits per heavy atom. The van der Waals surface area contributed by atoms with Crippen molar-refractivity contribution in [1.82, 2.24) is 0 Å². The van der Waals surface area contributed by atoms with Gasteiger partial charge in [-0.05, 0) is 115 Å². The van der Waals surface area contributed by atoms with Gasteiger partial charge in [-0.1, -0.05) is 188 Å². The van der Waals surface area contributed by atoms with Crippen LogP contribution in [0.4, 0.5) is 17.1 Å². The summed E-state index contributed by atoms with van der Waals surface area (Å²) in [5.41, 5.74) is 15.3. The molecule has 0 bridgehead atoms. The third-order valence-electron chi connectivity index (χ3n) is 12.7. The predicted octanol–water partition coefficient (Wildman–Crippen LogP) is 16.4. The van der Waals surface area contributed by atoms with Gasteiger partial charge in [-0.2, -0.15) is 0 Å². The molecule has 12 rings (SSSR count). The molecule has 11 aromatic rings. The van der Waals surface area contributed by atoms with Crippen LogP contribution >= 0.6 is 11.3 Å². The molecule has 0 amide bonds. The number of anilines is 3. The molecular formula is C59H39NS. The van der Waals surface area contributed by atoms with E-state index in [0.717, 1.165) is 17.1 Å². The number of nitrogens with zero attached hydrogens (tertiary/aromatic N) is 1. The molecule has 0 unspecified atom stereocenters. The van der Waals surface area contributed by atoms with Crippen molar-refractivity contribution in [1.29, 1.82) is 0 Å². The van der Waals surface area contributed by atoms with Crippen molar-refractivity contribution in [2.45, 2.75) is 5.41 Å². The Morgan fingerprint density at radius 1 is 0.328 bits per heavy atom. The summed E-state index contributed by atoms with van der Waals surface area (Å²) in [6.07, 6.45) is 0. The van der Waals surface area contributed by atoms with Crippen molar-refractivity contribution in [2.24, 2.45) is 0 Å². The SMILES string of the molecule is c1ccc(C2(c3ccccc3)c3ccccc3-c3ccc(N(c4cccc(-c5ccc6ccccc6c5)c4)c4cccc(-c5cccc6c5sc5ccccc56)c4)cc32)cc1. The lowest BCUT2D eigenvalue weighted by molar-refractivity contribution is 0.768. The van der Waals surface area contributed by atoms with Crippen LogP contribution in [0.1, 0.15) is 22.3 Å². The Kier molecular flexibility index (Phi) is 8.33. The molecule has 1 nitrogen and oxygen atoms in total. The topological polar surface area (TPSA) is 3.24 Å². The molecule has 0 saturated carbocycles. The molecule has 286 valence electrons. The maximum Gasteiger partial charge on any atom is 0.0714 e. The van der Waals surface area contributed by atoms with Crippen molar-refractivity contribution in [3.05, 3.63) is 259 Å². The summed E-state index contributed by atoms with van der Waals surface area (Å²) >= 11 is 1.88. The number of fused-ring (bicyclic) bond motifs is 7. The zero-order valence-corrected chi connectivity index (χ0v) is 34.2. The van der Waals surface area contributed by atoms with E-state index in [0.29, 0.717) is 0 Å². The number of thiophene rings is 1. The Bertz CT molecular complexity index is 3400. The largest absolute Gasteiger partial charge is 0.310 e. The third kappa shape index (κ3) is 5.68. The molecule has 0 aliphatic heterocycles. The number of benzene rings is 10. The molecule has 61 heavy (non-hydrogen) atoms. The van der Waals surface area contributed by atoms with Gasteiger partial charge in [0.15, 0.2) is 0 Å². The number of rotatable bonds is 7. The zero-order valence-electron chi connectivity index (χ0n) is 33.4. The first-order valence-electron chi connectivity index (χ1n) is 21.0. The Morgan fingerprint density at radius 3 is 1.70 bits per heavy atom. The van der Waals surface area contributed by atoms with Crippen LogP contribution in [0.2, 0.25) is 0 Å². The van der Waals surface area contributed by atoms with Crippen LogP contribution in [-0.4, -0.2) is 0 Å². The normalized spacial score (nSPS) is 12.7. The van der Waals surface area contributed by atoms with Gasteiger partial charge in [0.25, 0.3) is 0 Å². The van der Waals surface area contributed by atoms with Crippen LogP contribution in [-0.2, 0) is 5.41 Å². The van der Waals surface area contributed by atoms with E-state index in [1.165, 1.54) is 86.6 Å². The van der Waals surface area contributed by atoms with E-state index in [4.69, 9.17) is 0 Å². The molecular weight excluding hydrogens is 755 g/mol. The highest BCUT2D eigenvalue weighted by Crippen LogP contribution is 2.57. The summed E-state index contributed by atoms with van der Waals surface area (Å²) in [7, 11) is 0. The van der Waals surface area contributed by atoms with Crippen LogP contribution in [0, 0.1) is 0 Å².